The molecule has 1 heterocycles. The van der Waals surface area contributed by atoms with Crippen molar-refractivity contribution in [2.45, 2.75) is 18.7 Å². The van der Waals surface area contributed by atoms with Crippen molar-refractivity contribution >= 4 is 21.5 Å². The molecule has 0 N–H and O–H groups in total. The summed E-state index contributed by atoms with van der Waals surface area (Å²) in [6.45, 7) is 3.85. The highest BCUT2D eigenvalue weighted by molar-refractivity contribution is 7.92. The van der Waals surface area contributed by atoms with Crippen molar-refractivity contribution in [1.82, 2.24) is 0 Å². The van der Waals surface area contributed by atoms with Crippen molar-refractivity contribution in [3.63, 3.8) is 0 Å². The standard InChI is InChI=1S/C17H17NO4S/c1-12-6-7-17-16(10-12)18(8-9-22-17)23(20,21)15-5-3-4-14(11-15)13(2)19/h3-7,10-11H,8-9H2,1-2H3. The number of carbonyl (C=O) groups is 1. The number of ketones is 1. The van der Waals surface area contributed by atoms with E-state index in [2.05, 4.69) is 0 Å². The van der Waals surface area contributed by atoms with Gasteiger partial charge >= 0.3 is 0 Å². The van der Waals surface area contributed by atoms with Crippen molar-refractivity contribution < 1.29 is 17.9 Å². The summed E-state index contributed by atoms with van der Waals surface area (Å²) in [7, 11) is -3.75. The predicted molar refractivity (Wildman–Crippen MR) is 87.7 cm³/mol. The first kappa shape index (κ1) is 15.6. The highest BCUT2D eigenvalue weighted by Crippen LogP contribution is 2.36. The van der Waals surface area contributed by atoms with Crippen LogP contribution in [0.3, 0.4) is 0 Å². The van der Waals surface area contributed by atoms with E-state index in [9.17, 15) is 13.2 Å². The van der Waals surface area contributed by atoms with Gasteiger partial charge in [-0.1, -0.05) is 18.2 Å². The normalized spacial score (nSPS) is 14.1. The lowest BCUT2D eigenvalue weighted by Gasteiger charge is -2.30. The number of benzene rings is 2. The van der Waals surface area contributed by atoms with Crippen LogP contribution in [-0.2, 0) is 10.0 Å². The highest BCUT2D eigenvalue weighted by atomic mass is 32.2. The van der Waals surface area contributed by atoms with Crippen molar-refractivity contribution in [3.8, 4) is 5.75 Å². The molecule has 0 amide bonds. The fourth-order valence-corrected chi connectivity index (χ4v) is 4.05. The summed E-state index contributed by atoms with van der Waals surface area (Å²) in [6.07, 6.45) is 0. The lowest BCUT2D eigenvalue weighted by molar-refractivity contribution is 0.101. The molecule has 6 heteroatoms. The van der Waals surface area contributed by atoms with E-state index in [4.69, 9.17) is 4.74 Å². The third-order valence-electron chi connectivity index (χ3n) is 3.76. The second-order valence-corrected chi connectivity index (χ2v) is 7.34. The molecular weight excluding hydrogens is 314 g/mol. The number of fused-ring (bicyclic) bond motifs is 1. The Labute approximate surface area is 135 Å². The first-order chi connectivity index (χ1) is 10.9. The van der Waals surface area contributed by atoms with Gasteiger partial charge in [0.05, 0.1) is 17.1 Å². The number of hydrogen-bond donors (Lipinski definition) is 0. The van der Waals surface area contributed by atoms with Gasteiger partial charge in [0, 0.05) is 5.56 Å². The van der Waals surface area contributed by atoms with Crippen LogP contribution in [0.15, 0.2) is 47.4 Å². The number of Topliss-reactive ketones (excluding diaryl/α,β-unsaturated/α-hetero) is 1. The van der Waals surface area contributed by atoms with Gasteiger partial charge in [-0.2, -0.15) is 0 Å². The Morgan fingerprint density at radius 1 is 1.17 bits per heavy atom. The summed E-state index contributed by atoms with van der Waals surface area (Å²) in [4.78, 5) is 11.6. The van der Waals surface area contributed by atoms with E-state index in [1.165, 1.54) is 23.4 Å². The van der Waals surface area contributed by atoms with E-state index in [0.29, 0.717) is 23.6 Å². The highest BCUT2D eigenvalue weighted by Gasteiger charge is 2.30. The fourth-order valence-electron chi connectivity index (χ4n) is 2.56. The van der Waals surface area contributed by atoms with Gasteiger partial charge in [-0.05, 0) is 43.7 Å². The van der Waals surface area contributed by atoms with Gasteiger partial charge in [0.2, 0.25) is 0 Å². The molecule has 1 aliphatic rings. The molecule has 0 radical (unpaired) electrons. The molecule has 0 spiro atoms. The molecule has 3 rings (SSSR count). The maximum absolute atomic E-state index is 13.0. The fraction of sp³-hybridized carbons (Fsp3) is 0.235. The van der Waals surface area contributed by atoms with Crippen LogP contribution in [0.5, 0.6) is 5.75 Å². The number of ether oxygens (including phenoxy) is 1. The van der Waals surface area contributed by atoms with Crippen LogP contribution in [0.25, 0.3) is 0 Å². The molecule has 5 nitrogen and oxygen atoms in total. The molecule has 0 unspecified atom stereocenters. The quantitative estimate of drug-likeness (QED) is 0.811. The summed E-state index contributed by atoms with van der Waals surface area (Å²) in [5.41, 5.74) is 1.86. The van der Waals surface area contributed by atoms with E-state index < -0.39 is 10.0 Å². The van der Waals surface area contributed by atoms with Crippen molar-refractivity contribution in [1.29, 1.82) is 0 Å². The van der Waals surface area contributed by atoms with Crippen LogP contribution < -0.4 is 9.04 Å². The molecule has 0 saturated heterocycles. The van der Waals surface area contributed by atoms with Crippen LogP contribution in [0.2, 0.25) is 0 Å². The molecule has 120 valence electrons. The molecule has 2 aromatic carbocycles. The number of rotatable bonds is 3. The van der Waals surface area contributed by atoms with Crippen LogP contribution >= 0.6 is 0 Å². The average molecular weight is 331 g/mol. The van der Waals surface area contributed by atoms with Gasteiger partial charge in [0.15, 0.2) is 5.78 Å². The number of aryl methyl sites for hydroxylation is 1. The number of anilines is 1. The average Bonchev–Trinajstić information content (AvgIpc) is 2.54. The van der Waals surface area contributed by atoms with E-state index in [1.807, 2.05) is 13.0 Å². The van der Waals surface area contributed by atoms with E-state index in [1.54, 1.807) is 24.3 Å². The van der Waals surface area contributed by atoms with Gasteiger partial charge in [0.1, 0.15) is 12.4 Å². The minimum absolute atomic E-state index is 0.111. The van der Waals surface area contributed by atoms with Crippen LogP contribution in [0.4, 0.5) is 5.69 Å². The summed E-state index contributed by atoms with van der Waals surface area (Å²) in [5.74, 6) is 0.383. The third-order valence-corrected chi connectivity index (χ3v) is 5.57. The molecule has 1 aliphatic heterocycles. The number of nitrogens with zero attached hydrogens (tertiary/aromatic N) is 1. The van der Waals surface area contributed by atoms with Crippen molar-refractivity contribution in [2.24, 2.45) is 0 Å². The molecule has 0 aliphatic carbocycles. The third kappa shape index (κ3) is 2.82. The second kappa shape index (κ2) is 5.70. The summed E-state index contributed by atoms with van der Waals surface area (Å²) in [6, 6.07) is 11.6. The maximum Gasteiger partial charge on any atom is 0.264 e. The Morgan fingerprint density at radius 2 is 1.96 bits per heavy atom. The molecule has 0 bridgehead atoms. The minimum atomic E-state index is -3.75. The number of sulfonamides is 1. The molecule has 0 fully saturated rings. The predicted octanol–water partition coefficient (Wildman–Crippen LogP) is 2.79. The lowest BCUT2D eigenvalue weighted by Crippen LogP contribution is -2.38. The largest absolute Gasteiger partial charge is 0.489 e. The smallest absolute Gasteiger partial charge is 0.264 e. The van der Waals surface area contributed by atoms with Crippen LogP contribution in [0.1, 0.15) is 22.8 Å². The SMILES string of the molecule is CC(=O)c1cccc(S(=O)(=O)N2CCOc3ccc(C)cc32)c1. The Balaban J connectivity index is 2.10. The number of carbonyl (C=O) groups excluding carboxylic acids is 1. The molecule has 0 atom stereocenters. The molecule has 0 saturated carbocycles. The van der Waals surface area contributed by atoms with E-state index in [-0.39, 0.29) is 17.2 Å². The summed E-state index contributed by atoms with van der Waals surface area (Å²) < 4.78 is 32.9. The Morgan fingerprint density at radius 3 is 2.70 bits per heavy atom. The molecule has 23 heavy (non-hydrogen) atoms. The molecular formula is C17H17NO4S. The van der Waals surface area contributed by atoms with Gasteiger partial charge in [-0.25, -0.2) is 8.42 Å². The lowest BCUT2D eigenvalue weighted by atomic mass is 10.2. The van der Waals surface area contributed by atoms with Gasteiger partial charge in [0.25, 0.3) is 10.0 Å². The maximum atomic E-state index is 13.0. The zero-order valence-corrected chi connectivity index (χ0v) is 13.8. The number of hydrogen-bond acceptors (Lipinski definition) is 4. The van der Waals surface area contributed by atoms with Crippen LogP contribution in [0, 0.1) is 6.92 Å². The van der Waals surface area contributed by atoms with Gasteiger partial charge in [-0.3, -0.25) is 9.10 Å². The summed E-state index contributed by atoms with van der Waals surface area (Å²) in [5, 5.41) is 0. The monoisotopic (exact) mass is 331 g/mol. The Hall–Kier alpha value is -2.34. The van der Waals surface area contributed by atoms with E-state index >= 15 is 0 Å². The minimum Gasteiger partial charge on any atom is -0.489 e. The second-order valence-electron chi connectivity index (χ2n) is 5.48. The van der Waals surface area contributed by atoms with Crippen LogP contribution in [-0.4, -0.2) is 27.4 Å². The van der Waals surface area contributed by atoms with Gasteiger partial charge < -0.3 is 4.74 Å². The van der Waals surface area contributed by atoms with Crippen molar-refractivity contribution in [3.05, 3.63) is 53.6 Å². The van der Waals surface area contributed by atoms with Gasteiger partial charge in [-0.15, -0.1) is 0 Å². The van der Waals surface area contributed by atoms with E-state index in [0.717, 1.165) is 5.56 Å². The first-order valence-corrected chi connectivity index (χ1v) is 8.71. The Kier molecular flexibility index (Phi) is 3.85. The Bertz CT molecular complexity index is 874. The first-order valence-electron chi connectivity index (χ1n) is 7.27. The van der Waals surface area contributed by atoms with Crippen molar-refractivity contribution in [2.75, 3.05) is 17.5 Å². The molecule has 0 aromatic heterocycles. The molecule has 2 aromatic rings. The zero-order valence-electron chi connectivity index (χ0n) is 12.9. The topological polar surface area (TPSA) is 63.7 Å². The summed E-state index contributed by atoms with van der Waals surface area (Å²) >= 11 is 0. The zero-order chi connectivity index (χ0) is 16.6.